The molecule has 0 saturated heterocycles. The fourth-order valence-electron chi connectivity index (χ4n) is 2.41. The highest BCUT2D eigenvalue weighted by molar-refractivity contribution is 7.87. The molecule has 0 aliphatic heterocycles. The Bertz CT molecular complexity index is 1290. The molecule has 0 fully saturated rings. The number of carbonyl (C=O) groups is 1. The summed E-state index contributed by atoms with van der Waals surface area (Å²) in [6.45, 7) is -0.669. The number of nitrogens with zero attached hydrogens (tertiary/aromatic N) is 3. The first kappa shape index (κ1) is 25.4. The number of nitrogens with one attached hydrogen (secondary N) is 2. The maximum absolute atomic E-state index is 14.4. The third-order valence-electron chi connectivity index (χ3n) is 4.05. The van der Waals surface area contributed by atoms with E-state index >= 15 is 0 Å². The Morgan fingerprint density at radius 1 is 1.19 bits per heavy atom. The summed E-state index contributed by atoms with van der Waals surface area (Å²) < 4.78 is 79.4. The van der Waals surface area contributed by atoms with Crippen LogP contribution in [0.3, 0.4) is 0 Å². The van der Waals surface area contributed by atoms with Crippen molar-refractivity contribution < 1.29 is 30.8 Å². The van der Waals surface area contributed by atoms with Gasteiger partial charge in [0.1, 0.15) is 11.5 Å². The molecule has 10 nitrogen and oxygen atoms in total. The smallest absolute Gasteiger partial charge is 0.375 e. The molecule has 0 unspecified atom stereocenters. The van der Waals surface area contributed by atoms with E-state index in [1.54, 1.807) is 4.72 Å². The SMILES string of the molecule is CN(C)S(=O)(=O)NC(=O)CNc1cc(-n2c(=O)cc(C(F)(F)F)n(C)c2=O)c(F)cc1Cl. The summed E-state index contributed by atoms with van der Waals surface area (Å²) in [5.74, 6) is -2.23. The van der Waals surface area contributed by atoms with E-state index in [0.29, 0.717) is 6.07 Å². The van der Waals surface area contributed by atoms with Gasteiger partial charge in [-0.25, -0.2) is 18.5 Å². The Balaban J connectivity index is 2.47. The lowest BCUT2D eigenvalue weighted by Gasteiger charge is -2.16. The number of benzene rings is 1. The van der Waals surface area contributed by atoms with Gasteiger partial charge in [-0.1, -0.05) is 11.6 Å². The van der Waals surface area contributed by atoms with E-state index in [1.807, 2.05) is 0 Å². The van der Waals surface area contributed by atoms with E-state index < -0.39 is 57.3 Å². The van der Waals surface area contributed by atoms with Gasteiger partial charge in [-0.2, -0.15) is 25.9 Å². The second-order valence-corrected chi connectivity index (χ2v) is 8.78. The summed E-state index contributed by atoms with van der Waals surface area (Å²) in [6, 6.07) is 1.61. The molecule has 32 heavy (non-hydrogen) atoms. The van der Waals surface area contributed by atoms with Crippen molar-refractivity contribution in [1.29, 1.82) is 0 Å². The van der Waals surface area contributed by atoms with Crippen molar-refractivity contribution in [2.75, 3.05) is 26.0 Å². The van der Waals surface area contributed by atoms with Gasteiger partial charge in [0.25, 0.3) is 11.5 Å². The number of aromatic nitrogens is 2. The van der Waals surface area contributed by atoms with Crippen LogP contribution < -0.4 is 21.3 Å². The molecule has 0 saturated carbocycles. The van der Waals surface area contributed by atoms with E-state index in [1.165, 1.54) is 14.1 Å². The highest BCUT2D eigenvalue weighted by atomic mass is 35.5. The van der Waals surface area contributed by atoms with Crippen LogP contribution >= 0.6 is 11.6 Å². The zero-order chi connectivity index (χ0) is 24.6. The first-order valence-electron chi connectivity index (χ1n) is 8.43. The molecule has 0 spiro atoms. The van der Waals surface area contributed by atoms with E-state index in [-0.39, 0.29) is 25.9 Å². The van der Waals surface area contributed by atoms with Crippen LogP contribution in [0.5, 0.6) is 0 Å². The average molecular weight is 502 g/mol. The monoisotopic (exact) mass is 501 g/mol. The number of hydrogen-bond donors (Lipinski definition) is 2. The molecule has 1 aromatic carbocycles. The van der Waals surface area contributed by atoms with E-state index in [9.17, 15) is 40.4 Å². The number of rotatable bonds is 6. The molecular formula is C16H16ClF4N5O5S. The zero-order valence-electron chi connectivity index (χ0n) is 16.6. The number of alkyl halides is 3. The third kappa shape index (κ3) is 5.28. The van der Waals surface area contributed by atoms with E-state index in [2.05, 4.69) is 5.32 Å². The van der Waals surface area contributed by atoms with Gasteiger partial charge < -0.3 is 5.32 Å². The maximum atomic E-state index is 14.4. The average Bonchev–Trinajstić information content (AvgIpc) is 2.64. The fraction of sp³-hybridized carbons (Fsp3) is 0.312. The molecule has 1 aromatic heterocycles. The molecule has 2 aromatic rings. The Morgan fingerprint density at radius 2 is 1.78 bits per heavy atom. The lowest BCUT2D eigenvalue weighted by Crippen LogP contribution is -2.42. The number of hydrogen-bond acceptors (Lipinski definition) is 6. The summed E-state index contributed by atoms with van der Waals surface area (Å²) in [5.41, 5.74) is -5.41. The van der Waals surface area contributed by atoms with Crippen LogP contribution in [-0.2, 0) is 28.2 Å². The largest absolute Gasteiger partial charge is 0.431 e. The van der Waals surface area contributed by atoms with Crippen LogP contribution in [0.15, 0.2) is 27.8 Å². The Hall–Kier alpha value is -2.91. The molecule has 0 aliphatic carbocycles. The number of anilines is 1. The predicted molar refractivity (Wildman–Crippen MR) is 106 cm³/mol. The Kier molecular flexibility index (Phi) is 7.06. The summed E-state index contributed by atoms with van der Waals surface area (Å²) in [5, 5.41) is 2.09. The molecule has 0 bridgehead atoms. The van der Waals surface area contributed by atoms with Gasteiger partial charge in [-0.15, -0.1) is 0 Å². The van der Waals surface area contributed by atoms with Crippen LogP contribution in [-0.4, -0.2) is 48.4 Å². The molecule has 2 N–H and O–H groups in total. The van der Waals surface area contributed by atoms with Gasteiger partial charge in [0.15, 0.2) is 0 Å². The lowest BCUT2D eigenvalue weighted by molar-refractivity contribution is -0.144. The second-order valence-electron chi connectivity index (χ2n) is 6.49. The van der Waals surface area contributed by atoms with Crippen molar-refractivity contribution >= 4 is 33.4 Å². The van der Waals surface area contributed by atoms with E-state index in [4.69, 9.17) is 11.6 Å². The van der Waals surface area contributed by atoms with Crippen molar-refractivity contribution in [2.45, 2.75) is 6.18 Å². The topological polar surface area (TPSA) is 123 Å². The highest BCUT2D eigenvalue weighted by Crippen LogP contribution is 2.28. The van der Waals surface area contributed by atoms with Crippen LogP contribution in [0, 0.1) is 5.82 Å². The van der Waals surface area contributed by atoms with Crippen molar-refractivity contribution in [3.8, 4) is 5.69 Å². The molecule has 1 amide bonds. The Morgan fingerprint density at radius 3 is 2.31 bits per heavy atom. The molecule has 0 atom stereocenters. The van der Waals surface area contributed by atoms with Crippen LogP contribution in [0.1, 0.15) is 5.69 Å². The third-order valence-corrected chi connectivity index (χ3v) is 5.81. The summed E-state index contributed by atoms with van der Waals surface area (Å²) in [7, 11) is -0.979. The van der Waals surface area contributed by atoms with Crippen molar-refractivity contribution in [2.24, 2.45) is 7.05 Å². The number of carbonyl (C=O) groups excluding carboxylic acids is 1. The van der Waals surface area contributed by atoms with Gasteiger partial charge in [0.2, 0.25) is 0 Å². The standard InChI is InChI=1S/C16H16ClF4N5O5S/c1-24(2)32(30,31)23-13(27)7-22-10-5-11(9(18)4-8(10)17)26-14(28)6-12(16(19,20)21)25(3)15(26)29/h4-6,22H,7H2,1-3H3,(H,23,27). The summed E-state index contributed by atoms with van der Waals surface area (Å²) in [6.07, 6.45) is -5.00. The minimum Gasteiger partial charge on any atom is -0.375 e. The summed E-state index contributed by atoms with van der Waals surface area (Å²) in [4.78, 5) is 36.4. The van der Waals surface area contributed by atoms with Crippen LogP contribution in [0.2, 0.25) is 5.02 Å². The van der Waals surface area contributed by atoms with E-state index in [0.717, 1.165) is 17.4 Å². The van der Waals surface area contributed by atoms with Crippen molar-refractivity contribution in [3.05, 3.63) is 55.6 Å². The zero-order valence-corrected chi connectivity index (χ0v) is 18.2. The van der Waals surface area contributed by atoms with Crippen molar-refractivity contribution in [3.63, 3.8) is 0 Å². The minimum atomic E-state index is -5.00. The van der Waals surface area contributed by atoms with Crippen LogP contribution in [0.4, 0.5) is 23.2 Å². The van der Waals surface area contributed by atoms with Gasteiger partial charge in [-0.05, 0) is 12.1 Å². The van der Waals surface area contributed by atoms with Crippen LogP contribution in [0.25, 0.3) is 5.69 Å². The maximum Gasteiger partial charge on any atom is 0.431 e. The van der Waals surface area contributed by atoms with Gasteiger partial charge >= 0.3 is 22.1 Å². The molecular weight excluding hydrogens is 486 g/mol. The molecule has 2 rings (SSSR count). The number of halogens is 5. The van der Waals surface area contributed by atoms with Crippen molar-refractivity contribution in [1.82, 2.24) is 18.2 Å². The quantitative estimate of drug-likeness (QED) is 0.561. The molecule has 0 radical (unpaired) electrons. The molecule has 0 aliphatic rings. The minimum absolute atomic E-state index is 0.127. The normalized spacial score (nSPS) is 12.2. The number of amides is 1. The van der Waals surface area contributed by atoms with Gasteiger partial charge in [0.05, 0.1) is 22.9 Å². The van der Waals surface area contributed by atoms with Gasteiger partial charge in [-0.3, -0.25) is 14.2 Å². The second kappa shape index (κ2) is 8.91. The highest BCUT2D eigenvalue weighted by Gasteiger charge is 2.35. The molecule has 16 heteroatoms. The lowest BCUT2D eigenvalue weighted by atomic mass is 10.2. The van der Waals surface area contributed by atoms with Gasteiger partial charge in [0, 0.05) is 27.2 Å². The first-order valence-corrected chi connectivity index (χ1v) is 10.2. The first-order chi connectivity index (χ1) is 14.6. The molecule has 1 heterocycles. The summed E-state index contributed by atoms with van der Waals surface area (Å²) >= 11 is 5.87. The Labute approximate surface area is 183 Å². The predicted octanol–water partition coefficient (Wildman–Crippen LogP) is 0.682. The fourth-order valence-corrected chi connectivity index (χ4v) is 3.17. The molecule has 176 valence electrons.